The van der Waals surface area contributed by atoms with E-state index < -0.39 is 0 Å². The molecule has 0 unspecified atom stereocenters. The molecule has 3 rings (SSSR count). The molecule has 0 aliphatic carbocycles. The smallest absolute Gasteiger partial charge is 0.139 e. The van der Waals surface area contributed by atoms with Gasteiger partial charge in [0.1, 0.15) is 11.9 Å². The molecule has 18 heavy (non-hydrogen) atoms. The first-order valence-corrected chi connectivity index (χ1v) is 7.92. The van der Waals surface area contributed by atoms with Crippen molar-refractivity contribution in [3.05, 3.63) is 18.2 Å². The molecule has 0 radical (unpaired) electrons. The zero-order chi connectivity index (χ0) is 12.4. The molecule has 0 saturated carbocycles. The van der Waals surface area contributed by atoms with Crippen LogP contribution in [0, 0.1) is 0 Å². The van der Waals surface area contributed by atoms with Crippen molar-refractivity contribution >= 4 is 11.8 Å². The SMILES string of the molecule is Cn1ccnc1[C@H]1OCCC[C@@H]1N[C@@H]1CCSC1. The number of hydrogen-bond acceptors (Lipinski definition) is 4. The molecule has 5 heteroatoms. The summed E-state index contributed by atoms with van der Waals surface area (Å²) in [5.41, 5.74) is 0. The minimum atomic E-state index is 0.115. The van der Waals surface area contributed by atoms with Gasteiger partial charge in [-0.3, -0.25) is 0 Å². The van der Waals surface area contributed by atoms with Crippen LogP contribution in [0.2, 0.25) is 0 Å². The summed E-state index contributed by atoms with van der Waals surface area (Å²) in [6.07, 6.45) is 7.60. The summed E-state index contributed by atoms with van der Waals surface area (Å²) >= 11 is 2.05. The van der Waals surface area contributed by atoms with Gasteiger partial charge >= 0.3 is 0 Å². The van der Waals surface area contributed by atoms with E-state index in [4.69, 9.17) is 4.74 Å². The Morgan fingerprint density at radius 2 is 2.44 bits per heavy atom. The maximum atomic E-state index is 5.97. The van der Waals surface area contributed by atoms with Gasteiger partial charge in [0.05, 0.1) is 0 Å². The second-order valence-electron chi connectivity index (χ2n) is 5.16. The number of nitrogens with one attached hydrogen (secondary N) is 1. The van der Waals surface area contributed by atoms with E-state index in [1.165, 1.54) is 24.3 Å². The van der Waals surface area contributed by atoms with Crippen molar-refractivity contribution in [1.29, 1.82) is 0 Å². The third-order valence-corrected chi connectivity index (χ3v) is 4.98. The Morgan fingerprint density at radius 1 is 1.50 bits per heavy atom. The zero-order valence-corrected chi connectivity index (χ0v) is 11.7. The molecule has 3 heterocycles. The molecule has 1 aromatic heterocycles. The molecule has 100 valence electrons. The van der Waals surface area contributed by atoms with E-state index in [1.54, 1.807) is 0 Å². The van der Waals surface area contributed by atoms with Gasteiger partial charge in [0.15, 0.2) is 0 Å². The molecule has 3 atom stereocenters. The topological polar surface area (TPSA) is 39.1 Å². The lowest BCUT2D eigenvalue weighted by atomic mass is 10.0. The maximum absolute atomic E-state index is 5.97. The lowest BCUT2D eigenvalue weighted by molar-refractivity contribution is -0.0196. The molecule has 2 aliphatic heterocycles. The zero-order valence-electron chi connectivity index (χ0n) is 10.8. The molecule has 1 N–H and O–H groups in total. The van der Waals surface area contributed by atoms with Gasteiger partial charge in [-0.25, -0.2) is 4.98 Å². The van der Waals surface area contributed by atoms with Crippen molar-refractivity contribution in [2.75, 3.05) is 18.1 Å². The van der Waals surface area contributed by atoms with Gasteiger partial charge in [-0.15, -0.1) is 0 Å². The third kappa shape index (κ3) is 2.58. The van der Waals surface area contributed by atoms with Gasteiger partial charge in [-0.05, 0) is 25.0 Å². The molecular formula is C13H21N3OS. The van der Waals surface area contributed by atoms with E-state index in [0.29, 0.717) is 12.1 Å². The molecule has 2 saturated heterocycles. The molecular weight excluding hydrogens is 246 g/mol. The van der Waals surface area contributed by atoms with E-state index in [0.717, 1.165) is 18.9 Å². The fourth-order valence-corrected chi connectivity index (χ4v) is 3.99. The highest BCUT2D eigenvalue weighted by atomic mass is 32.2. The van der Waals surface area contributed by atoms with Crippen LogP contribution in [0.3, 0.4) is 0 Å². The predicted octanol–water partition coefficient (Wildman–Crippen LogP) is 1.74. The van der Waals surface area contributed by atoms with Crippen LogP contribution in [0.1, 0.15) is 31.2 Å². The number of thioether (sulfide) groups is 1. The Labute approximate surface area is 112 Å². The van der Waals surface area contributed by atoms with Gasteiger partial charge in [-0.1, -0.05) is 0 Å². The van der Waals surface area contributed by atoms with Crippen LogP contribution in [0.25, 0.3) is 0 Å². The summed E-state index contributed by atoms with van der Waals surface area (Å²) in [5, 5.41) is 3.78. The fourth-order valence-electron chi connectivity index (χ4n) is 2.83. The second-order valence-corrected chi connectivity index (χ2v) is 6.31. The maximum Gasteiger partial charge on any atom is 0.139 e. The Hall–Kier alpha value is -0.520. The summed E-state index contributed by atoms with van der Waals surface area (Å²) in [6, 6.07) is 1.08. The summed E-state index contributed by atoms with van der Waals surface area (Å²) < 4.78 is 8.05. The monoisotopic (exact) mass is 267 g/mol. The van der Waals surface area contributed by atoms with Crippen molar-refractivity contribution in [2.45, 2.75) is 37.5 Å². The van der Waals surface area contributed by atoms with Gasteiger partial charge in [-0.2, -0.15) is 11.8 Å². The van der Waals surface area contributed by atoms with Crippen molar-refractivity contribution in [3.8, 4) is 0 Å². The van der Waals surface area contributed by atoms with Crippen LogP contribution in [0.4, 0.5) is 0 Å². The number of ether oxygens (including phenoxy) is 1. The summed E-state index contributed by atoms with van der Waals surface area (Å²) in [7, 11) is 2.04. The number of aryl methyl sites for hydroxylation is 1. The number of nitrogens with zero attached hydrogens (tertiary/aromatic N) is 2. The molecule has 2 aliphatic rings. The highest BCUT2D eigenvalue weighted by Gasteiger charge is 2.32. The molecule has 0 spiro atoms. The van der Waals surface area contributed by atoms with Crippen LogP contribution in [0.15, 0.2) is 12.4 Å². The van der Waals surface area contributed by atoms with Crippen LogP contribution in [-0.4, -0.2) is 39.7 Å². The van der Waals surface area contributed by atoms with E-state index >= 15 is 0 Å². The molecule has 2 fully saturated rings. The Balaban J connectivity index is 1.71. The molecule has 0 aromatic carbocycles. The first-order chi connectivity index (χ1) is 8.84. The normalized spacial score (nSPS) is 32.8. The van der Waals surface area contributed by atoms with Gasteiger partial charge in [0.25, 0.3) is 0 Å². The third-order valence-electron chi connectivity index (χ3n) is 3.81. The number of hydrogen-bond donors (Lipinski definition) is 1. The summed E-state index contributed by atoms with van der Waals surface area (Å²) in [4.78, 5) is 4.46. The summed E-state index contributed by atoms with van der Waals surface area (Å²) in [5.74, 6) is 3.58. The first-order valence-electron chi connectivity index (χ1n) is 6.77. The minimum absolute atomic E-state index is 0.115. The van der Waals surface area contributed by atoms with Crippen molar-refractivity contribution in [2.24, 2.45) is 7.05 Å². The highest BCUT2D eigenvalue weighted by molar-refractivity contribution is 7.99. The second kappa shape index (κ2) is 5.63. The van der Waals surface area contributed by atoms with Crippen LogP contribution in [-0.2, 0) is 11.8 Å². The highest BCUT2D eigenvalue weighted by Crippen LogP contribution is 2.29. The molecule has 0 bridgehead atoms. The molecule has 0 amide bonds. The van der Waals surface area contributed by atoms with E-state index in [1.807, 2.05) is 31.2 Å². The molecule has 4 nitrogen and oxygen atoms in total. The quantitative estimate of drug-likeness (QED) is 0.905. The van der Waals surface area contributed by atoms with Crippen molar-refractivity contribution in [3.63, 3.8) is 0 Å². The Kier molecular flexibility index (Phi) is 3.91. The van der Waals surface area contributed by atoms with Crippen molar-refractivity contribution in [1.82, 2.24) is 14.9 Å². The van der Waals surface area contributed by atoms with Crippen molar-refractivity contribution < 1.29 is 4.74 Å². The number of imidazole rings is 1. The summed E-state index contributed by atoms with van der Waals surface area (Å²) in [6.45, 7) is 0.856. The average Bonchev–Trinajstić information content (AvgIpc) is 3.02. The van der Waals surface area contributed by atoms with Crippen LogP contribution in [0.5, 0.6) is 0 Å². The lowest BCUT2D eigenvalue weighted by Crippen LogP contribution is -2.45. The molecule has 1 aromatic rings. The first kappa shape index (κ1) is 12.5. The Morgan fingerprint density at radius 3 is 3.17 bits per heavy atom. The fraction of sp³-hybridized carbons (Fsp3) is 0.769. The van der Waals surface area contributed by atoms with E-state index in [2.05, 4.69) is 14.9 Å². The predicted molar refractivity (Wildman–Crippen MR) is 73.8 cm³/mol. The number of rotatable bonds is 3. The Bertz CT molecular complexity index is 389. The minimum Gasteiger partial charge on any atom is -0.369 e. The van der Waals surface area contributed by atoms with Gasteiger partial charge in [0.2, 0.25) is 0 Å². The van der Waals surface area contributed by atoms with E-state index in [-0.39, 0.29) is 6.10 Å². The van der Waals surface area contributed by atoms with Crippen LogP contribution < -0.4 is 5.32 Å². The van der Waals surface area contributed by atoms with E-state index in [9.17, 15) is 0 Å². The number of aromatic nitrogens is 2. The van der Waals surface area contributed by atoms with Crippen LogP contribution >= 0.6 is 11.8 Å². The standard InChI is InChI=1S/C13H21N3OS/c1-16-6-5-14-13(16)12-11(3-2-7-17-12)15-10-4-8-18-9-10/h5-6,10-12,15H,2-4,7-9H2,1H3/t10-,11+,12+/m1/s1. The van der Waals surface area contributed by atoms with Gasteiger partial charge < -0.3 is 14.6 Å². The largest absolute Gasteiger partial charge is 0.369 e. The van der Waals surface area contributed by atoms with Gasteiger partial charge in [0, 0.05) is 43.9 Å². The lowest BCUT2D eigenvalue weighted by Gasteiger charge is -2.33. The average molecular weight is 267 g/mol.